The molecule has 1 aliphatic rings. The quantitative estimate of drug-likeness (QED) is 0.222. The number of amides is 2. The summed E-state index contributed by atoms with van der Waals surface area (Å²) < 4.78 is 5.68. The van der Waals surface area contributed by atoms with Gasteiger partial charge in [-0.2, -0.15) is 0 Å². The average molecular weight is 539 g/mol. The normalized spacial score (nSPS) is 13.4. The number of carbonyl (C=O) groups is 2. The Morgan fingerprint density at radius 2 is 1.82 bits per heavy atom. The Labute approximate surface area is 228 Å². The molecule has 0 radical (unpaired) electrons. The van der Waals surface area contributed by atoms with Gasteiger partial charge in [0.25, 0.3) is 5.91 Å². The zero-order chi connectivity index (χ0) is 27.1. The number of halogens is 1. The fourth-order valence-corrected chi connectivity index (χ4v) is 5.25. The van der Waals surface area contributed by atoms with E-state index in [0.29, 0.717) is 34.4 Å². The molecule has 0 spiro atoms. The summed E-state index contributed by atoms with van der Waals surface area (Å²) in [7, 11) is 1.59. The maximum atomic E-state index is 14.0. The number of carboxylic acid groups (broad SMARTS) is 1. The molecule has 39 heavy (non-hydrogen) atoms. The SMILES string of the molecule is COc1ccc(Cl)cc1C(c1nc2ccccc2[nH]1)N1Cc2ccc(-c3ccc(NC(=O)O)cc3)cc2C1=O. The Morgan fingerprint density at radius 1 is 1.05 bits per heavy atom. The Kier molecular flexibility index (Phi) is 6.17. The Balaban J connectivity index is 1.40. The third-order valence-electron chi connectivity index (χ3n) is 6.88. The van der Waals surface area contributed by atoms with E-state index in [1.807, 2.05) is 60.7 Å². The summed E-state index contributed by atoms with van der Waals surface area (Å²) >= 11 is 6.42. The molecular formula is C30H23ClN4O4. The number of hydrogen-bond donors (Lipinski definition) is 3. The van der Waals surface area contributed by atoms with Crippen LogP contribution in [-0.4, -0.2) is 39.1 Å². The van der Waals surface area contributed by atoms with Crippen molar-refractivity contribution in [2.75, 3.05) is 12.4 Å². The summed E-state index contributed by atoms with van der Waals surface area (Å²) in [6, 6.07) is 25.3. The van der Waals surface area contributed by atoms with Crippen LogP contribution in [0.1, 0.15) is 33.4 Å². The zero-order valence-corrected chi connectivity index (χ0v) is 21.6. The Morgan fingerprint density at radius 3 is 2.56 bits per heavy atom. The number of aromatic nitrogens is 2. The predicted molar refractivity (Wildman–Crippen MR) is 149 cm³/mol. The summed E-state index contributed by atoms with van der Waals surface area (Å²) in [6.45, 7) is 0.382. The van der Waals surface area contributed by atoms with Crippen molar-refractivity contribution >= 4 is 40.3 Å². The van der Waals surface area contributed by atoms with Crippen LogP contribution in [0.2, 0.25) is 5.02 Å². The highest BCUT2D eigenvalue weighted by atomic mass is 35.5. The lowest BCUT2D eigenvalue weighted by Crippen LogP contribution is -2.31. The van der Waals surface area contributed by atoms with Crippen LogP contribution in [0.4, 0.5) is 10.5 Å². The van der Waals surface area contributed by atoms with Crippen LogP contribution in [0.25, 0.3) is 22.2 Å². The molecule has 0 aliphatic carbocycles. The van der Waals surface area contributed by atoms with Gasteiger partial charge < -0.3 is 19.7 Å². The number of nitrogens with one attached hydrogen (secondary N) is 2. The van der Waals surface area contributed by atoms with Crippen molar-refractivity contribution in [3.8, 4) is 16.9 Å². The Hall–Kier alpha value is -4.82. The molecule has 2 amide bonds. The van der Waals surface area contributed by atoms with E-state index < -0.39 is 12.1 Å². The van der Waals surface area contributed by atoms with Crippen LogP contribution in [0, 0.1) is 0 Å². The molecule has 1 atom stereocenters. The van der Waals surface area contributed by atoms with Crippen molar-refractivity contribution in [1.82, 2.24) is 14.9 Å². The molecule has 1 unspecified atom stereocenters. The molecule has 9 heteroatoms. The number of anilines is 1. The van der Waals surface area contributed by atoms with Gasteiger partial charge in [-0.05, 0) is 65.2 Å². The van der Waals surface area contributed by atoms with Crippen LogP contribution in [0.5, 0.6) is 5.75 Å². The summed E-state index contributed by atoms with van der Waals surface area (Å²) in [5.41, 5.74) is 6.08. The van der Waals surface area contributed by atoms with Gasteiger partial charge in [0.05, 0.1) is 18.1 Å². The number of methoxy groups -OCH3 is 1. The van der Waals surface area contributed by atoms with Crippen LogP contribution in [-0.2, 0) is 6.54 Å². The lowest BCUT2D eigenvalue weighted by molar-refractivity contribution is 0.0723. The van der Waals surface area contributed by atoms with E-state index >= 15 is 0 Å². The average Bonchev–Trinajstić information content (AvgIpc) is 3.50. The van der Waals surface area contributed by atoms with Gasteiger partial charge in [0.15, 0.2) is 0 Å². The lowest BCUT2D eigenvalue weighted by atomic mass is 10.00. The van der Waals surface area contributed by atoms with Gasteiger partial charge in [0.2, 0.25) is 0 Å². The van der Waals surface area contributed by atoms with Crippen LogP contribution in [0.15, 0.2) is 84.9 Å². The highest BCUT2D eigenvalue weighted by Gasteiger charge is 2.37. The molecule has 8 nitrogen and oxygen atoms in total. The molecule has 1 aromatic heterocycles. The molecule has 0 saturated heterocycles. The van der Waals surface area contributed by atoms with E-state index in [1.54, 1.807) is 36.3 Å². The van der Waals surface area contributed by atoms with Gasteiger partial charge in [0, 0.05) is 28.4 Å². The highest BCUT2D eigenvalue weighted by molar-refractivity contribution is 6.30. The third kappa shape index (κ3) is 4.55. The minimum Gasteiger partial charge on any atom is -0.496 e. The summed E-state index contributed by atoms with van der Waals surface area (Å²) in [5, 5.41) is 11.8. The minimum absolute atomic E-state index is 0.136. The minimum atomic E-state index is -1.12. The molecule has 3 N–H and O–H groups in total. The number of rotatable bonds is 6. The van der Waals surface area contributed by atoms with Crippen LogP contribution < -0.4 is 10.1 Å². The number of nitrogens with zero attached hydrogens (tertiary/aromatic N) is 2. The Bertz CT molecular complexity index is 1700. The van der Waals surface area contributed by atoms with Gasteiger partial charge in [-0.25, -0.2) is 9.78 Å². The van der Waals surface area contributed by atoms with Crippen LogP contribution in [0.3, 0.4) is 0 Å². The largest absolute Gasteiger partial charge is 0.496 e. The summed E-state index contributed by atoms with van der Waals surface area (Å²) in [6.07, 6.45) is -1.12. The molecule has 194 valence electrons. The van der Waals surface area contributed by atoms with Crippen molar-refractivity contribution in [3.63, 3.8) is 0 Å². The first-order chi connectivity index (χ1) is 18.9. The third-order valence-corrected chi connectivity index (χ3v) is 7.11. The van der Waals surface area contributed by atoms with Gasteiger partial charge in [-0.3, -0.25) is 10.1 Å². The standard InChI is InChI=1S/C30H23ClN4O4/c1-39-26-13-10-20(31)15-23(26)27(28-33-24-4-2-3-5-25(24)34-28)35-16-19-7-6-18(14-22(19)29(35)36)17-8-11-21(12-9-17)32-30(37)38/h2-15,27,32H,16H2,1H3,(H,33,34)(H,37,38). The molecular weight excluding hydrogens is 516 g/mol. The van der Waals surface area contributed by atoms with E-state index in [-0.39, 0.29) is 5.91 Å². The van der Waals surface area contributed by atoms with Gasteiger partial charge in [0.1, 0.15) is 17.6 Å². The second-order valence-electron chi connectivity index (χ2n) is 9.24. The molecule has 2 heterocycles. The molecule has 0 fully saturated rings. The fourth-order valence-electron chi connectivity index (χ4n) is 5.06. The smallest absolute Gasteiger partial charge is 0.409 e. The van der Waals surface area contributed by atoms with E-state index in [1.165, 1.54) is 0 Å². The maximum Gasteiger partial charge on any atom is 0.409 e. The van der Waals surface area contributed by atoms with E-state index in [0.717, 1.165) is 33.3 Å². The second kappa shape index (κ2) is 9.81. The number of hydrogen-bond acceptors (Lipinski definition) is 4. The van der Waals surface area contributed by atoms with Crippen molar-refractivity contribution in [3.05, 3.63) is 112 Å². The monoisotopic (exact) mass is 538 g/mol. The summed E-state index contributed by atoms with van der Waals surface area (Å²) in [4.78, 5) is 34.9. The molecule has 1 aliphatic heterocycles. The first kappa shape index (κ1) is 24.5. The van der Waals surface area contributed by atoms with Gasteiger partial charge in [-0.15, -0.1) is 0 Å². The first-order valence-corrected chi connectivity index (χ1v) is 12.6. The van der Waals surface area contributed by atoms with E-state index in [2.05, 4.69) is 10.3 Å². The van der Waals surface area contributed by atoms with Gasteiger partial charge >= 0.3 is 6.09 Å². The second-order valence-corrected chi connectivity index (χ2v) is 9.68. The first-order valence-electron chi connectivity index (χ1n) is 12.2. The number of benzene rings is 4. The number of carbonyl (C=O) groups excluding carboxylic acids is 1. The molecule has 5 aromatic rings. The number of aromatic amines is 1. The number of fused-ring (bicyclic) bond motifs is 2. The number of imidazole rings is 1. The topological polar surface area (TPSA) is 108 Å². The van der Waals surface area contributed by atoms with Crippen molar-refractivity contribution in [1.29, 1.82) is 0 Å². The molecule has 6 rings (SSSR count). The van der Waals surface area contributed by atoms with Crippen molar-refractivity contribution in [2.24, 2.45) is 0 Å². The molecule has 4 aromatic carbocycles. The highest BCUT2D eigenvalue weighted by Crippen LogP contribution is 2.41. The van der Waals surface area contributed by atoms with Crippen molar-refractivity contribution in [2.45, 2.75) is 12.6 Å². The van der Waals surface area contributed by atoms with Gasteiger partial charge in [-0.1, -0.05) is 48.0 Å². The predicted octanol–water partition coefficient (Wildman–Crippen LogP) is 6.73. The number of ether oxygens (including phenoxy) is 1. The molecule has 0 bridgehead atoms. The fraction of sp³-hybridized carbons (Fsp3) is 0.100. The van der Waals surface area contributed by atoms with Crippen molar-refractivity contribution < 1.29 is 19.4 Å². The molecule has 0 saturated carbocycles. The lowest BCUT2D eigenvalue weighted by Gasteiger charge is -2.28. The maximum absolute atomic E-state index is 14.0. The number of para-hydroxylation sites is 2. The van der Waals surface area contributed by atoms with E-state index in [4.69, 9.17) is 26.4 Å². The summed E-state index contributed by atoms with van der Waals surface area (Å²) in [5.74, 6) is 1.08. The van der Waals surface area contributed by atoms with E-state index in [9.17, 15) is 9.59 Å². The zero-order valence-electron chi connectivity index (χ0n) is 20.8. The van der Waals surface area contributed by atoms with Crippen LogP contribution >= 0.6 is 11.6 Å². The number of H-pyrrole nitrogens is 1.